The van der Waals surface area contributed by atoms with E-state index in [0.717, 1.165) is 29.4 Å². The summed E-state index contributed by atoms with van der Waals surface area (Å²) in [5.41, 5.74) is 2.20. The second kappa shape index (κ2) is 8.32. The molecule has 2 rings (SSSR count). The molecule has 0 spiro atoms. The van der Waals surface area contributed by atoms with Gasteiger partial charge in [-0.05, 0) is 43.2 Å². The van der Waals surface area contributed by atoms with E-state index in [0.29, 0.717) is 6.54 Å². The van der Waals surface area contributed by atoms with Gasteiger partial charge in [0, 0.05) is 6.07 Å². The molecule has 0 amide bonds. The van der Waals surface area contributed by atoms with Crippen LogP contribution in [0.3, 0.4) is 0 Å². The first-order valence-corrected chi connectivity index (χ1v) is 7.87. The topological polar surface area (TPSA) is 39.7 Å². The van der Waals surface area contributed by atoms with Crippen LogP contribution in [0.1, 0.15) is 19.4 Å². The van der Waals surface area contributed by atoms with E-state index in [1.807, 2.05) is 37.3 Å². The molecule has 124 valence electrons. The quantitative estimate of drug-likeness (QED) is 0.794. The maximum absolute atomic E-state index is 5.93. The molecule has 1 unspecified atom stereocenters. The average Bonchev–Trinajstić information content (AvgIpc) is 2.60. The molecular formula is C19H25NO3. The van der Waals surface area contributed by atoms with Gasteiger partial charge < -0.3 is 19.5 Å². The highest BCUT2D eigenvalue weighted by Gasteiger charge is 2.08. The minimum Gasteiger partial charge on any atom is -0.497 e. The highest BCUT2D eigenvalue weighted by atomic mass is 16.5. The lowest BCUT2D eigenvalue weighted by Gasteiger charge is -2.18. The zero-order valence-electron chi connectivity index (χ0n) is 14.3. The summed E-state index contributed by atoms with van der Waals surface area (Å²) in [6.45, 7) is 4.84. The molecule has 1 N–H and O–H groups in total. The Morgan fingerprint density at radius 3 is 2.26 bits per heavy atom. The second-order valence-electron chi connectivity index (χ2n) is 5.37. The fourth-order valence-corrected chi connectivity index (χ4v) is 2.28. The summed E-state index contributed by atoms with van der Waals surface area (Å²) < 4.78 is 16.5. The van der Waals surface area contributed by atoms with Crippen molar-refractivity contribution in [3.05, 3.63) is 48.0 Å². The first-order chi connectivity index (χ1) is 11.2. The summed E-state index contributed by atoms with van der Waals surface area (Å²) in [4.78, 5) is 0. The maximum atomic E-state index is 5.93. The highest BCUT2D eigenvalue weighted by Crippen LogP contribution is 2.28. The van der Waals surface area contributed by atoms with Crippen molar-refractivity contribution in [2.75, 3.05) is 26.1 Å². The van der Waals surface area contributed by atoms with Crippen LogP contribution in [0.25, 0.3) is 0 Å². The van der Waals surface area contributed by atoms with Gasteiger partial charge in [-0.1, -0.05) is 19.1 Å². The lowest BCUT2D eigenvalue weighted by atomic mass is 10.2. The molecule has 0 bridgehead atoms. The molecule has 0 radical (unpaired) electrons. The van der Waals surface area contributed by atoms with Crippen LogP contribution in [0, 0.1) is 0 Å². The van der Waals surface area contributed by atoms with Gasteiger partial charge in [-0.3, -0.25) is 0 Å². The number of benzene rings is 2. The van der Waals surface area contributed by atoms with Crippen molar-refractivity contribution in [1.82, 2.24) is 0 Å². The first-order valence-electron chi connectivity index (χ1n) is 7.87. The molecule has 0 aliphatic carbocycles. The summed E-state index contributed by atoms with van der Waals surface area (Å²) in [7, 11) is 3.31. The summed E-state index contributed by atoms with van der Waals surface area (Å²) in [6, 6.07) is 13.9. The Hall–Kier alpha value is -2.36. The zero-order valence-corrected chi connectivity index (χ0v) is 14.3. The Labute approximate surface area is 138 Å². The Bertz CT molecular complexity index is 611. The Morgan fingerprint density at radius 2 is 1.65 bits per heavy atom. The number of rotatable bonds is 8. The molecule has 1 atom stereocenters. The molecule has 0 fully saturated rings. The maximum Gasteiger partial charge on any atom is 0.142 e. The Balaban J connectivity index is 1.94. The standard InChI is InChI=1S/C19H25NO3/c1-5-15-6-8-16(9-7-15)23-14(2)13-20-18-12-17(21-3)10-11-19(18)22-4/h6-12,14,20H,5,13H2,1-4H3. The van der Waals surface area contributed by atoms with E-state index in [-0.39, 0.29) is 6.10 Å². The molecule has 0 heterocycles. The molecule has 0 aliphatic rings. The third-order valence-electron chi connectivity index (χ3n) is 3.66. The highest BCUT2D eigenvalue weighted by molar-refractivity contribution is 5.59. The van der Waals surface area contributed by atoms with E-state index in [1.165, 1.54) is 5.56 Å². The second-order valence-corrected chi connectivity index (χ2v) is 5.37. The SMILES string of the molecule is CCc1ccc(OC(C)CNc2cc(OC)ccc2OC)cc1. The number of anilines is 1. The minimum absolute atomic E-state index is 0.0263. The number of hydrogen-bond donors (Lipinski definition) is 1. The molecule has 0 saturated carbocycles. The largest absolute Gasteiger partial charge is 0.497 e. The third kappa shape index (κ3) is 4.81. The zero-order chi connectivity index (χ0) is 16.7. The predicted octanol–water partition coefficient (Wildman–Crippen LogP) is 4.15. The van der Waals surface area contributed by atoms with Crippen molar-refractivity contribution < 1.29 is 14.2 Å². The smallest absolute Gasteiger partial charge is 0.142 e. The number of methoxy groups -OCH3 is 2. The van der Waals surface area contributed by atoms with Gasteiger partial charge in [0.1, 0.15) is 23.4 Å². The summed E-state index contributed by atoms with van der Waals surface area (Å²) >= 11 is 0. The molecule has 4 heteroatoms. The van der Waals surface area contributed by atoms with Crippen molar-refractivity contribution in [2.45, 2.75) is 26.4 Å². The van der Waals surface area contributed by atoms with Crippen molar-refractivity contribution in [3.63, 3.8) is 0 Å². The molecular weight excluding hydrogens is 290 g/mol. The fraction of sp³-hybridized carbons (Fsp3) is 0.368. The van der Waals surface area contributed by atoms with E-state index in [1.54, 1.807) is 14.2 Å². The van der Waals surface area contributed by atoms with Crippen molar-refractivity contribution in [3.8, 4) is 17.2 Å². The molecule has 23 heavy (non-hydrogen) atoms. The van der Waals surface area contributed by atoms with Crippen LogP contribution in [0.2, 0.25) is 0 Å². The van der Waals surface area contributed by atoms with E-state index < -0.39 is 0 Å². The summed E-state index contributed by atoms with van der Waals surface area (Å²) in [5.74, 6) is 2.46. The van der Waals surface area contributed by atoms with Crippen molar-refractivity contribution >= 4 is 5.69 Å². The first kappa shape index (κ1) is 17.0. The number of aryl methyl sites for hydroxylation is 1. The lowest BCUT2D eigenvalue weighted by molar-refractivity contribution is 0.234. The summed E-state index contributed by atoms with van der Waals surface area (Å²) in [5, 5.41) is 3.35. The van der Waals surface area contributed by atoms with E-state index in [4.69, 9.17) is 14.2 Å². The van der Waals surface area contributed by atoms with Crippen LogP contribution in [-0.2, 0) is 6.42 Å². The van der Waals surface area contributed by atoms with Crippen LogP contribution in [0.5, 0.6) is 17.2 Å². The number of nitrogens with one attached hydrogen (secondary N) is 1. The average molecular weight is 315 g/mol. The van der Waals surface area contributed by atoms with Gasteiger partial charge in [0.15, 0.2) is 0 Å². The van der Waals surface area contributed by atoms with Gasteiger partial charge in [-0.2, -0.15) is 0 Å². The minimum atomic E-state index is 0.0263. The van der Waals surface area contributed by atoms with Crippen LogP contribution in [0.4, 0.5) is 5.69 Å². The van der Waals surface area contributed by atoms with Crippen LogP contribution < -0.4 is 19.5 Å². The molecule has 0 saturated heterocycles. The normalized spacial score (nSPS) is 11.7. The lowest BCUT2D eigenvalue weighted by Crippen LogP contribution is -2.22. The monoisotopic (exact) mass is 315 g/mol. The number of ether oxygens (including phenoxy) is 3. The number of hydrogen-bond acceptors (Lipinski definition) is 4. The molecule has 0 aromatic heterocycles. The molecule has 4 nitrogen and oxygen atoms in total. The molecule has 0 aliphatic heterocycles. The van der Waals surface area contributed by atoms with Gasteiger partial charge in [-0.15, -0.1) is 0 Å². The van der Waals surface area contributed by atoms with Gasteiger partial charge in [0.2, 0.25) is 0 Å². The van der Waals surface area contributed by atoms with E-state index in [9.17, 15) is 0 Å². The van der Waals surface area contributed by atoms with Crippen molar-refractivity contribution in [2.24, 2.45) is 0 Å². The molecule has 2 aromatic carbocycles. The van der Waals surface area contributed by atoms with Crippen molar-refractivity contribution in [1.29, 1.82) is 0 Å². The molecule has 2 aromatic rings. The van der Waals surface area contributed by atoms with Gasteiger partial charge >= 0.3 is 0 Å². The van der Waals surface area contributed by atoms with E-state index >= 15 is 0 Å². The fourth-order valence-electron chi connectivity index (χ4n) is 2.28. The third-order valence-corrected chi connectivity index (χ3v) is 3.66. The van der Waals surface area contributed by atoms with Crippen LogP contribution in [-0.4, -0.2) is 26.9 Å². The Morgan fingerprint density at radius 1 is 0.957 bits per heavy atom. The Kier molecular flexibility index (Phi) is 6.15. The van der Waals surface area contributed by atoms with Gasteiger partial charge in [0.25, 0.3) is 0 Å². The van der Waals surface area contributed by atoms with Gasteiger partial charge in [-0.25, -0.2) is 0 Å². The van der Waals surface area contributed by atoms with Gasteiger partial charge in [0.05, 0.1) is 26.5 Å². The van der Waals surface area contributed by atoms with Crippen LogP contribution in [0.15, 0.2) is 42.5 Å². The van der Waals surface area contributed by atoms with E-state index in [2.05, 4.69) is 24.4 Å². The summed E-state index contributed by atoms with van der Waals surface area (Å²) in [6.07, 6.45) is 1.06. The predicted molar refractivity (Wildman–Crippen MR) is 93.9 cm³/mol. The van der Waals surface area contributed by atoms with Crippen LogP contribution >= 0.6 is 0 Å².